The molecule has 0 amide bonds. The summed E-state index contributed by atoms with van der Waals surface area (Å²) in [5, 5.41) is 0.502. The van der Waals surface area contributed by atoms with Crippen LogP contribution < -0.4 is 0 Å². The lowest BCUT2D eigenvalue weighted by Crippen LogP contribution is -1.89. The lowest BCUT2D eigenvalue weighted by Gasteiger charge is -1.93. The van der Waals surface area contributed by atoms with E-state index in [0.29, 0.717) is 5.03 Å². The summed E-state index contributed by atoms with van der Waals surface area (Å²) < 4.78 is 4.61. The van der Waals surface area contributed by atoms with Gasteiger partial charge in [0.2, 0.25) is 0 Å². The van der Waals surface area contributed by atoms with Crippen LogP contribution in [0.1, 0.15) is 12.5 Å². The molecule has 2 nitrogen and oxygen atoms in total. The van der Waals surface area contributed by atoms with E-state index in [-0.39, 0.29) is 5.97 Å². The largest absolute Gasteiger partial charge is 0.435 e. The Labute approximate surface area is 93.8 Å². The maximum Gasteiger partial charge on any atom is 0.307 e. The fourth-order valence-corrected chi connectivity index (χ4v) is 1.13. The van der Waals surface area contributed by atoms with E-state index in [1.165, 1.54) is 19.3 Å². The van der Waals surface area contributed by atoms with Crippen LogP contribution in [0.5, 0.6) is 0 Å². The van der Waals surface area contributed by atoms with Crippen molar-refractivity contribution in [3.8, 4) is 0 Å². The standard InChI is InChI=1S/C12H11ClO2/c1-10(14)15-8-7-12(13)9-11-5-3-2-4-6-11/h2-9H,1H3/b8-7+,12-9-. The lowest BCUT2D eigenvalue weighted by atomic mass is 10.2. The van der Waals surface area contributed by atoms with Crippen molar-refractivity contribution in [2.24, 2.45) is 0 Å². The maximum atomic E-state index is 10.4. The molecule has 0 heterocycles. The third-order valence-electron chi connectivity index (χ3n) is 1.57. The van der Waals surface area contributed by atoms with Gasteiger partial charge in [0.05, 0.1) is 6.26 Å². The highest BCUT2D eigenvalue weighted by molar-refractivity contribution is 6.33. The second-order valence-electron chi connectivity index (χ2n) is 2.85. The number of carbonyl (C=O) groups excluding carboxylic acids is 1. The molecule has 3 heteroatoms. The average Bonchev–Trinajstić information content (AvgIpc) is 2.18. The van der Waals surface area contributed by atoms with Gasteiger partial charge in [0, 0.05) is 12.0 Å². The molecule has 1 rings (SSSR count). The number of halogens is 1. The van der Waals surface area contributed by atoms with E-state index in [9.17, 15) is 4.79 Å². The van der Waals surface area contributed by atoms with Crippen LogP contribution in [0.2, 0.25) is 0 Å². The fraction of sp³-hybridized carbons (Fsp3) is 0.0833. The van der Waals surface area contributed by atoms with Gasteiger partial charge in [0.1, 0.15) is 0 Å². The molecule has 0 N–H and O–H groups in total. The molecule has 0 fully saturated rings. The predicted octanol–water partition coefficient (Wildman–Crippen LogP) is 3.34. The zero-order valence-corrected chi connectivity index (χ0v) is 9.07. The molecule has 0 atom stereocenters. The highest BCUT2D eigenvalue weighted by atomic mass is 35.5. The van der Waals surface area contributed by atoms with Gasteiger partial charge in [-0.25, -0.2) is 0 Å². The van der Waals surface area contributed by atoms with Gasteiger partial charge in [-0.2, -0.15) is 0 Å². The molecule has 1 aromatic rings. The predicted molar refractivity (Wildman–Crippen MR) is 61.2 cm³/mol. The van der Waals surface area contributed by atoms with Crippen LogP contribution >= 0.6 is 11.6 Å². The van der Waals surface area contributed by atoms with Crippen LogP contribution in [0.15, 0.2) is 47.7 Å². The van der Waals surface area contributed by atoms with Crippen LogP contribution in [0.3, 0.4) is 0 Å². The summed E-state index contributed by atoms with van der Waals surface area (Å²) in [6, 6.07) is 9.64. The molecular weight excluding hydrogens is 212 g/mol. The van der Waals surface area contributed by atoms with Crippen molar-refractivity contribution in [1.29, 1.82) is 0 Å². The monoisotopic (exact) mass is 222 g/mol. The van der Waals surface area contributed by atoms with E-state index in [4.69, 9.17) is 11.6 Å². The van der Waals surface area contributed by atoms with E-state index in [1.54, 1.807) is 6.08 Å². The number of hydrogen-bond donors (Lipinski definition) is 0. The molecule has 0 radical (unpaired) electrons. The Hall–Kier alpha value is -1.54. The van der Waals surface area contributed by atoms with Gasteiger partial charge in [-0.3, -0.25) is 4.79 Å². The fourth-order valence-electron chi connectivity index (χ4n) is 0.951. The minimum Gasteiger partial charge on any atom is -0.435 e. The van der Waals surface area contributed by atoms with Gasteiger partial charge in [-0.05, 0) is 17.7 Å². The van der Waals surface area contributed by atoms with E-state index >= 15 is 0 Å². The Balaban J connectivity index is 2.61. The zero-order valence-electron chi connectivity index (χ0n) is 8.31. The highest BCUT2D eigenvalue weighted by Gasteiger charge is 1.89. The summed E-state index contributed by atoms with van der Waals surface area (Å²) in [6.45, 7) is 1.33. The number of allylic oxidation sites excluding steroid dienone is 2. The first-order valence-corrected chi connectivity index (χ1v) is 4.82. The zero-order chi connectivity index (χ0) is 11.1. The quantitative estimate of drug-likeness (QED) is 0.445. The Morgan fingerprint density at radius 2 is 2.00 bits per heavy atom. The van der Waals surface area contributed by atoms with E-state index in [1.807, 2.05) is 30.3 Å². The van der Waals surface area contributed by atoms with Crippen molar-refractivity contribution in [3.63, 3.8) is 0 Å². The van der Waals surface area contributed by atoms with Crippen LogP contribution in [-0.4, -0.2) is 5.97 Å². The summed E-state index contributed by atoms with van der Waals surface area (Å²) in [5.41, 5.74) is 0.995. The van der Waals surface area contributed by atoms with E-state index in [0.717, 1.165) is 5.56 Å². The highest BCUT2D eigenvalue weighted by Crippen LogP contribution is 2.11. The Morgan fingerprint density at radius 3 is 2.60 bits per heavy atom. The molecule has 0 saturated carbocycles. The number of hydrogen-bond acceptors (Lipinski definition) is 2. The SMILES string of the molecule is CC(=O)O/C=C/C(Cl)=C/c1ccccc1. The maximum absolute atomic E-state index is 10.4. The molecule has 0 aliphatic heterocycles. The molecule has 78 valence electrons. The van der Waals surface area contributed by atoms with Gasteiger partial charge in [0.25, 0.3) is 0 Å². The topological polar surface area (TPSA) is 26.3 Å². The summed E-state index contributed by atoms with van der Waals surface area (Å²) in [6.07, 6.45) is 4.57. The van der Waals surface area contributed by atoms with Crippen LogP contribution in [0, 0.1) is 0 Å². The number of carbonyl (C=O) groups is 1. The van der Waals surface area contributed by atoms with Gasteiger partial charge >= 0.3 is 5.97 Å². The first kappa shape index (κ1) is 11.5. The van der Waals surface area contributed by atoms with Gasteiger partial charge in [-0.1, -0.05) is 41.9 Å². The molecule has 0 aliphatic rings. The molecule has 0 bridgehead atoms. The normalized spacial score (nSPS) is 11.7. The molecule has 15 heavy (non-hydrogen) atoms. The number of rotatable bonds is 3. The lowest BCUT2D eigenvalue weighted by molar-refractivity contribution is -0.135. The molecule has 0 spiro atoms. The van der Waals surface area contributed by atoms with E-state index in [2.05, 4.69) is 4.74 Å². The second-order valence-corrected chi connectivity index (χ2v) is 3.29. The smallest absolute Gasteiger partial charge is 0.307 e. The molecule has 1 aromatic carbocycles. The van der Waals surface area contributed by atoms with Crippen molar-refractivity contribution in [2.45, 2.75) is 6.92 Å². The first-order chi connectivity index (χ1) is 7.18. The average molecular weight is 223 g/mol. The van der Waals surface area contributed by atoms with Crippen molar-refractivity contribution in [2.75, 3.05) is 0 Å². The molecule has 0 saturated heterocycles. The number of esters is 1. The summed E-state index contributed by atoms with van der Waals surface area (Å²) >= 11 is 5.88. The summed E-state index contributed by atoms with van der Waals surface area (Å²) in [7, 11) is 0. The summed E-state index contributed by atoms with van der Waals surface area (Å²) in [4.78, 5) is 10.4. The minimum absolute atomic E-state index is 0.365. The molecular formula is C12H11ClO2. The van der Waals surface area contributed by atoms with Gasteiger partial charge < -0.3 is 4.74 Å². The van der Waals surface area contributed by atoms with Crippen LogP contribution in [-0.2, 0) is 9.53 Å². The van der Waals surface area contributed by atoms with Crippen molar-refractivity contribution in [1.82, 2.24) is 0 Å². The van der Waals surface area contributed by atoms with Gasteiger partial charge in [-0.15, -0.1) is 0 Å². The Kier molecular flexibility index (Phi) is 4.64. The Morgan fingerprint density at radius 1 is 1.33 bits per heavy atom. The third kappa shape index (κ3) is 5.03. The summed E-state index contributed by atoms with van der Waals surface area (Å²) in [5.74, 6) is -0.365. The minimum atomic E-state index is -0.365. The van der Waals surface area contributed by atoms with E-state index < -0.39 is 0 Å². The first-order valence-electron chi connectivity index (χ1n) is 4.44. The molecule has 0 aliphatic carbocycles. The number of ether oxygens (including phenoxy) is 1. The second kappa shape index (κ2) is 6.04. The van der Waals surface area contributed by atoms with Crippen LogP contribution in [0.25, 0.3) is 6.08 Å². The van der Waals surface area contributed by atoms with Crippen molar-refractivity contribution >= 4 is 23.6 Å². The molecule has 0 aromatic heterocycles. The number of benzene rings is 1. The van der Waals surface area contributed by atoms with Crippen molar-refractivity contribution < 1.29 is 9.53 Å². The van der Waals surface area contributed by atoms with Gasteiger partial charge in [0.15, 0.2) is 0 Å². The van der Waals surface area contributed by atoms with Crippen molar-refractivity contribution in [3.05, 3.63) is 53.3 Å². The molecule has 0 unspecified atom stereocenters. The third-order valence-corrected chi connectivity index (χ3v) is 1.80. The van der Waals surface area contributed by atoms with Crippen LogP contribution in [0.4, 0.5) is 0 Å². The Bertz CT molecular complexity index is 380.